The molecule has 0 aliphatic heterocycles. The van der Waals surface area contributed by atoms with E-state index in [0.717, 1.165) is 19.3 Å². The molecule has 0 spiro atoms. The average Bonchev–Trinajstić information content (AvgIpc) is 2.28. The van der Waals surface area contributed by atoms with Crippen LogP contribution in [0.15, 0.2) is 0 Å². The monoisotopic (exact) mass is 254 g/mol. The molecule has 0 aromatic carbocycles. The molecular formula is C13H22N2O3. The minimum atomic E-state index is -0.843. The fraction of sp³-hybridized carbons (Fsp3) is 0.846. The summed E-state index contributed by atoms with van der Waals surface area (Å²) >= 11 is 0. The molecule has 2 saturated carbocycles. The number of carboxylic acid groups (broad SMARTS) is 1. The minimum absolute atomic E-state index is 0.0746. The molecule has 102 valence electrons. The molecule has 2 aliphatic rings. The number of hydrogen-bond donors (Lipinski definition) is 3. The molecular weight excluding hydrogens is 232 g/mol. The minimum Gasteiger partial charge on any atom is -0.480 e. The van der Waals surface area contributed by atoms with Crippen molar-refractivity contribution in [1.82, 2.24) is 10.6 Å². The van der Waals surface area contributed by atoms with E-state index in [9.17, 15) is 9.59 Å². The van der Waals surface area contributed by atoms with E-state index in [4.69, 9.17) is 5.11 Å². The van der Waals surface area contributed by atoms with Crippen LogP contribution in [0, 0.1) is 0 Å². The third-order valence-electron chi connectivity index (χ3n) is 4.17. The Bertz CT molecular complexity index is 320. The summed E-state index contributed by atoms with van der Waals surface area (Å²) in [5, 5.41) is 15.0. The third-order valence-corrected chi connectivity index (χ3v) is 4.17. The third kappa shape index (κ3) is 3.02. The highest BCUT2D eigenvalue weighted by molar-refractivity contribution is 5.83. The summed E-state index contributed by atoms with van der Waals surface area (Å²) < 4.78 is 0. The second-order valence-electron chi connectivity index (χ2n) is 5.50. The van der Waals surface area contributed by atoms with Crippen LogP contribution in [0.4, 0.5) is 0 Å². The first-order chi connectivity index (χ1) is 8.62. The predicted molar refractivity (Wildman–Crippen MR) is 67.2 cm³/mol. The van der Waals surface area contributed by atoms with Crippen molar-refractivity contribution < 1.29 is 14.7 Å². The van der Waals surface area contributed by atoms with Gasteiger partial charge in [0.15, 0.2) is 0 Å². The summed E-state index contributed by atoms with van der Waals surface area (Å²) in [6.45, 7) is 0.114. The van der Waals surface area contributed by atoms with Crippen LogP contribution in [0.25, 0.3) is 0 Å². The Morgan fingerprint density at radius 1 is 1.11 bits per heavy atom. The fourth-order valence-electron chi connectivity index (χ4n) is 2.77. The van der Waals surface area contributed by atoms with Crippen LogP contribution in [-0.4, -0.2) is 35.1 Å². The lowest BCUT2D eigenvalue weighted by molar-refractivity contribution is -0.149. The Balaban J connectivity index is 1.72. The number of carbonyl (C=O) groups excluding carboxylic acids is 1. The van der Waals surface area contributed by atoms with Gasteiger partial charge < -0.3 is 10.4 Å². The molecule has 2 aliphatic carbocycles. The maximum absolute atomic E-state index is 11.8. The van der Waals surface area contributed by atoms with Gasteiger partial charge in [-0.2, -0.15) is 0 Å². The van der Waals surface area contributed by atoms with Gasteiger partial charge >= 0.3 is 5.97 Å². The van der Waals surface area contributed by atoms with E-state index in [1.54, 1.807) is 0 Å². The molecule has 18 heavy (non-hydrogen) atoms. The highest BCUT2D eigenvalue weighted by Crippen LogP contribution is 2.31. The highest BCUT2D eigenvalue weighted by Gasteiger charge is 2.44. The Kier molecular flexibility index (Phi) is 4.22. The van der Waals surface area contributed by atoms with E-state index < -0.39 is 11.5 Å². The number of nitrogens with one attached hydrogen (secondary N) is 2. The number of aliphatic carboxylic acids is 1. The molecule has 1 amide bonds. The standard InChI is InChI=1S/C13H22N2O3/c16-11(15-10-5-2-1-3-6-10)9-14-13(12(17)18)7-4-8-13/h10,14H,1-9H2,(H,15,16)(H,17,18). The van der Waals surface area contributed by atoms with Gasteiger partial charge in [-0.1, -0.05) is 19.3 Å². The Labute approximate surface area is 107 Å². The van der Waals surface area contributed by atoms with Gasteiger partial charge in [-0.3, -0.25) is 14.9 Å². The smallest absolute Gasteiger partial charge is 0.323 e. The van der Waals surface area contributed by atoms with Gasteiger partial charge in [-0.25, -0.2) is 0 Å². The van der Waals surface area contributed by atoms with E-state index in [1.165, 1.54) is 19.3 Å². The molecule has 5 heteroatoms. The van der Waals surface area contributed by atoms with Crippen LogP contribution in [-0.2, 0) is 9.59 Å². The molecule has 2 fully saturated rings. The Morgan fingerprint density at radius 2 is 1.78 bits per heavy atom. The molecule has 0 aromatic heterocycles. The average molecular weight is 254 g/mol. The molecule has 0 unspecified atom stereocenters. The zero-order chi connectivity index (χ0) is 13.0. The number of hydrogen-bond acceptors (Lipinski definition) is 3. The second kappa shape index (κ2) is 5.69. The zero-order valence-corrected chi connectivity index (χ0v) is 10.7. The molecule has 0 bridgehead atoms. The molecule has 5 nitrogen and oxygen atoms in total. The van der Waals surface area contributed by atoms with Crippen LogP contribution in [0.3, 0.4) is 0 Å². The molecule has 0 aromatic rings. The number of carboxylic acids is 1. The highest BCUT2D eigenvalue weighted by atomic mass is 16.4. The normalized spacial score (nSPS) is 23.1. The molecule has 2 rings (SSSR count). The lowest BCUT2D eigenvalue weighted by Crippen LogP contribution is -2.59. The lowest BCUT2D eigenvalue weighted by atomic mass is 9.77. The van der Waals surface area contributed by atoms with Gasteiger partial charge in [0.25, 0.3) is 0 Å². The molecule has 0 saturated heterocycles. The quantitative estimate of drug-likeness (QED) is 0.685. The number of rotatable bonds is 5. The van der Waals surface area contributed by atoms with Gasteiger partial charge in [0.2, 0.25) is 5.91 Å². The van der Waals surface area contributed by atoms with Gasteiger partial charge in [0, 0.05) is 6.04 Å². The first-order valence-corrected chi connectivity index (χ1v) is 6.90. The SMILES string of the molecule is O=C(CNC1(C(=O)O)CCC1)NC1CCCCC1. The number of amides is 1. The van der Waals surface area contributed by atoms with Crippen molar-refractivity contribution >= 4 is 11.9 Å². The zero-order valence-electron chi connectivity index (χ0n) is 10.7. The summed E-state index contributed by atoms with van der Waals surface area (Å²) in [4.78, 5) is 22.9. The van der Waals surface area contributed by atoms with E-state index in [0.29, 0.717) is 12.8 Å². The van der Waals surface area contributed by atoms with Crippen molar-refractivity contribution in [1.29, 1.82) is 0 Å². The van der Waals surface area contributed by atoms with E-state index in [2.05, 4.69) is 10.6 Å². The summed E-state index contributed by atoms with van der Waals surface area (Å²) in [5.74, 6) is -0.909. The summed E-state index contributed by atoms with van der Waals surface area (Å²) in [6, 6.07) is 0.287. The largest absolute Gasteiger partial charge is 0.480 e. The summed E-state index contributed by atoms with van der Waals surface area (Å²) in [6.07, 6.45) is 7.88. The van der Waals surface area contributed by atoms with Crippen LogP contribution in [0.2, 0.25) is 0 Å². The summed E-state index contributed by atoms with van der Waals surface area (Å²) in [7, 11) is 0. The Morgan fingerprint density at radius 3 is 2.28 bits per heavy atom. The predicted octanol–water partition coefficient (Wildman–Crippen LogP) is 1.03. The first kappa shape index (κ1) is 13.3. The van der Waals surface area contributed by atoms with E-state index >= 15 is 0 Å². The van der Waals surface area contributed by atoms with Crippen molar-refractivity contribution in [2.45, 2.75) is 62.9 Å². The van der Waals surface area contributed by atoms with Crippen LogP contribution >= 0.6 is 0 Å². The number of carbonyl (C=O) groups is 2. The van der Waals surface area contributed by atoms with Gasteiger partial charge in [-0.15, -0.1) is 0 Å². The molecule has 0 radical (unpaired) electrons. The Hall–Kier alpha value is -1.10. The fourth-order valence-corrected chi connectivity index (χ4v) is 2.77. The van der Waals surface area contributed by atoms with Crippen LogP contribution in [0.5, 0.6) is 0 Å². The van der Waals surface area contributed by atoms with Crippen molar-refractivity contribution in [3.05, 3.63) is 0 Å². The molecule has 0 atom stereocenters. The van der Waals surface area contributed by atoms with E-state index in [1.807, 2.05) is 0 Å². The second-order valence-corrected chi connectivity index (χ2v) is 5.50. The van der Waals surface area contributed by atoms with E-state index in [-0.39, 0.29) is 18.5 Å². The van der Waals surface area contributed by atoms with Gasteiger partial charge in [0.05, 0.1) is 6.54 Å². The van der Waals surface area contributed by atoms with Crippen molar-refractivity contribution in [2.24, 2.45) is 0 Å². The molecule has 0 heterocycles. The van der Waals surface area contributed by atoms with Crippen LogP contribution < -0.4 is 10.6 Å². The maximum Gasteiger partial charge on any atom is 0.323 e. The maximum atomic E-state index is 11.8. The lowest BCUT2D eigenvalue weighted by Gasteiger charge is -2.38. The topological polar surface area (TPSA) is 78.4 Å². The molecule has 3 N–H and O–H groups in total. The van der Waals surface area contributed by atoms with Gasteiger partial charge in [0.1, 0.15) is 5.54 Å². The van der Waals surface area contributed by atoms with Crippen molar-refractivity contribution in [3.63, 3.8) is 0 Å². The van der Waals surface area contributed by atoms with Gasteiger partial charge in [-0.05, 0) is 32.1 Å². The van der Waals surface area contributed by atoms with Crippen molar-refractivity contribution in [3.8, 4) is 0 Å². The summed E-state index contributed by atoms with van der Waals surface area (Å²) in [5.41, 5.74) is -0.843. The van der Waals surface area contributed by atoms with Crippen molar-refractivity contribution in [2.75, 3.05) is 6.54 Å². The van der Waals surface area contributed by atoms with Crippen LogP contribution in [0.1, 0.15) is 51.4 Å². The first-order valence-electron chi connectivity index (χ1n) is 6.90.